The number of methoxy groups -OCH3 is 1. The third-order valence-corrected chi connectivity index (χ3v) is 4.04. The minimum absolute atomic E-state index is 0.139. The lowest BCUT2D eigenvalue weighted by molar-refractivity contribution is 0.243. The zero-order valence-corrected chi connectivity index (χ0v) is 15.5. The van der Waals surface area contributed by atoms with E-state index in [1.165, 1.54) is 7.11 Å². The Bertz CT molecular complexity index is 1040. The first-order chi connectivity index (χ1) is 13.0. The average molecular weight is 388 g/mol. The molecule has 0 saturated heterocycles. The SMILES string of the molecule is CCNC(=O)NC1=CCC=c2ncc(-c3cc(Cl)c(O)c(OC)c3)nc2=N1. The number of phenols is 1. The van der Waals surface area contributed by atoms with Crippen molar-refractivity contribution >= 4 is 23.7 Å². The summed E-state index contributed by atoms with van der Waals surface area (Å²) in [7, 11) is 1.44. The molecule has 0 atom stereocenters. The van der Waals surface area contributed by atoms with Gasteiger partial charge in [-0.05, 0) is 31.6 Å². The van der Waals surface area contributed by atoms with Gasteiger partial charge >= 0.3 is 6.03 Å². The Hall–Kier alpha value is -3.13. The molecule has 9 heteroatoms. The van der Waals surface area contributed by atoms with Gasteiger partial charge in [-0.15, -0.1) is 0 Å². The Morgan fingerprint density at radius 2 is 2.19 bits per heavy atom. The zero-order chi connectivity index (χ0) is 19.4. The van der Waals surface area contributed by atoms with Crippen LogP contribution in [0.3, 0.4) is 0 Å². The summed E-state index contributed by atoms with van der Waals surface area (Å²) in [6.07, 6.45) is 5.80. The summed E-state index contributed by atoms with van der Waals surface area (Å²) in [6, 6.07) is 2.84. The fourth-order valence-electron chi connectivity index (χ4n) is 2.47. The molecule has 1 aromatic heterocycles. The Kier molecular flexibility index (Phi) is 5.56. The van der Waals surface area contributed by atoms with Gasteiger partial charge < -0.3 is 15.2 Å². The van der Waals surface area contributed by atoms with Gasteiger partial charge in [0.2, 0.25) is 0 Å². The highest BCUT2D eigenvalue weighted by Gasteiger charge is 2.12. The third-order valence-electron chi connectivity index (χ3n) is 3.75. The number of urea groups is 1. The summed E-state index contributed by atoms with van der Waals surface area (Å²) in [4.78, 5) is 25.1. The van der Waals surface area contributed by atoms with Crippen LogP contribution in [0.4, 0.5) is 4.79 Å². The van der Waals surface area contributed by atoms with E-state index in [0.717, 1.165) is 0 Å². The molecular formula is C18H18ClN5O3. The number of allylic oxidation sites excluding steroid dienone is 1. The number of rotatable bonds is 4. The predicted octanol–water partition coefficient (Wildman–Crippen LogP) is 1.48. The lowest BCUT2D eigenvalue weighted by Gasteiger charge is -2.08. The van der Waals surface area contributed by atoms with Crippen LogP contribution >= 0.6 is 11.6 Å². The van der Waals surface area contributed by atoms with Crippen LogP contribution in [0.2, 0.25) is 5.02 Å². The number of aromatic nitrogens is 2. The Balaban J connectivity index is 2.03. The lowest BCUT2D eigenvalue weighted by Crippen LogP contribution is -2.36. The van der Waals surface area contributed by atoms with Gasteiger partial charge in [0, 0.05) is 12.1 Å². The van der Waals surface area contributed by atoms with Crippen molar-refractivity contribution in [2.75, 3.05) is 13.7 Å². The second kappa shape index (κ2) is 8.05. The van der Waals surface area contributed by atoms with E-state index in [0.29, 0.717) is 40.9 Å². The maximum atomic E-state index is 11.7. The van der Waals surface area contributed by atoms with Crippen LogP contribution in [-0.4, -0.2) is 34.8 Å². The van der Waals surface area contributed by atoms with E-state index in [-0.39, 0.29) is 22.6 Å². The lowest BCUT2D eigenvalue weighted by atomic mass is 10.1. The number of carbonyl (C=O) groups is 1. The molecule has 0 saturated carbocycles. The number of amides is 2. The second-order valence-corrected chi connectivity index (χ2v) is 6.01. The second-order valence-electron chi connectivity index (χ2n) is 5.60. The fourth-order valence-corrected chi connectivity index (χ4v) is 2.68. The number of benzene rings is 1. The number of hydrogen-bond donors (Lipinski definition) is 3. The highest BCUT2D eigenvalue weighted by atomic mass is 35.5. The van der Waals surface area contributed by atoms with Gasteiger partial charge in [-0.3, -0.25) is 10.3 Å². The number of nitrogens with one attached hydrogen (secondary N) is 2. The number of ether oxygens (including phenoxy) is 1. The van der Waals surface area contributed by atoms with E-state index in [1.807, 2.05) is 13.0 Å². The monoisotopic (exact) mass is 387 g/mol. The van der Waals surface area contributed by atoms with Crippen LogP contribution in [0, 0.1) is 0 Å². The maximum Gasteiger partial charge on any atom is 0.320 e. The molecule has 8 nitrogen and oxygen atoms in total. The van der Waals surface area contributed by atoms with Crippen molar-refractivity contribution in [1.29, 1.82) is 0 Å². The molecular weight excluding hydrogens is 370 g/mol. The van der Waals surface area contributed by atoms with Crippen LogP contribution in [0.5, 0.6) is 11.5 Å². The largest absolute Gasteiger partial charge is 0.503 e. The standard InChI is InChI=1S/C18H18ClN5O3/c1-3-20-18(26)24-15-6-4-5-12-17(23-15)22-13(9-21-12)10-7-11(19)16(25)14(8-10)27-2/h5-9,25H,3-4H2,1-2H3,(H2,20,24,26). The van der Waals surface area contributed by atoms with E-state index in [9.17, 15) is 9.90 Å². The van der Waals surface area contributed by atoms with Crippen molar-refractivity contribution in [3.63, 3.8) is 0 Å². The number of halogens is 1. The first kappa shape index (κ1) is 18.7. The Morgan fingerprint density at radius 1 is 1.37 bits per heavy atom. The molecule has 0 fully saturated rings. The van der Waals surface area contributed by atoms with Gasteiger partial charge in [0.1, 0.15) is 11.2 Å². The number of nitrogens with zero attached hydrogens (tertiary/aromatic N) is 3. The molecule has 1 aliphatic rings. The summed E-state index contributed by atoms with van der Waals surface area (Å²) in [5.41, 5.74) is 1.49. The van der Waals surface area contributed by atoms with Crippen molar-refractivity contribution in [3.05, 3.63) is 46.1 Å². The smallest absolute Gasteiger partial charge is 0.320 e. The molecule has 3 N–H and O–H groups in total. The van der Waals surface area contributed by atoms with Crippen LogP contribution in [-0.2, 0) is 0 Å². The Morgan fingerprint density at radius 3 is 2.93 bits per heavy atom. The van der Waals surface area contributed by atoms with Gasteiger partial charge in [-0.2, -0.15) is 0 Å². The molecule has 140 valence electrons. The van der Waals surface area contributed by atoms with Gasteiger partial charge in [0.05, 0.1) is 24.0 Å². The summed E-state index contributed by atoms with van der Waals surface area (Å²) in [6.45, 7) is 2.34. The van der Waals surface area contributed by atoms with Gasteiger partial charge in [0.25, 0.3) is 0 Å². The first-order valence-corrected chi connectivity index (χ1v) is 8.63. The molecule has 1 aromatic carbocycles. The van der Waals surface area contributed by atoms with Crippen LogP contribution < -0.4 is 26.2 Å². The average Bonchev–Trinajstić information content (AvgIpc) is 2.84. The third kappa shape index (κ3) is 4.17. The van der Waals surface area contributed by atoms with Crippen molar-refractivity contribution in [1.82, 2.24) is 20.6 Å². The van der Waals surface area contributed by atoms with E-state index in [1.54, 1.807) is 24.4 Å². The van der Waals surface area contributed by atoms with Gasteiger partial charge in [0.15, 0.2) is 17.0 Å². The normalized spacial score (nSPS) is 12.6. The molecule has 0 spiro atoms. The molecule has 0 bridgehead atoms. The van der Waals surface area contributed by atoms with Crippen LogP contribution in [0.15, 0.2) is 35.2 Å². The number of carbonyl (C=O) groups excluding carboxylic acids is 1. The van der Waals surface area contributed by atoms with Crippen molar-refractivity contribution in [2.24, 2.45) is 4.99 Å². The summed E-state index contributed by atoms with van der Waals surface area (Å²) >= 11 is 6.06. The molecule has 0 radical (unpaired) electrons. The topological polar surface area (TPSA) is 109 Å². The number of phenolic OH excluding ortho intramolecular Hbond substituents is 1. The first-order valence-electron chi connectivity index (χ1n) is 8.25. The molecule has 0 aliphatic carbocycles. The van der Waals surface area contributed by atoms with Crippen LogP contribution in [0.1, 0.15) is 13.3 Å². The summed E-state index contributed by atoms with van der Waals surface area (Å²) in [5, 5.41) is 16.0. The highest BCUT2D eigenvalue weighted by Crippen LogP contribution is 2.37. The molecule has 2 aromatic rings. The predicted molar refractivity (Wildman–Crippen MR) is 101 cm³/mol. The molecule has 1 aliphatic heterocycles. The Labute approximate surface area is 160 Å². The van der Waals surface area contributed by atoms with E-state index < -0.39 is 0 Å². The summed E-state index contributed by atoms with van der Waals surface area (Å²) in [5.74, 6) is 0.486. The molecule has 2 heterocycles. The quantitative estimate of drug-likeness (QED) is 0.736. The van der Waals surface area contributed by atoms with E-state index >= 15 is 0 Å². The molecule has 3 rings (SSSR count). The maximum absolute atomic E-state index is 11.7. The molecule has 27 heavy (non-hydrogen) atoms. The summed E-state index contributed by atoms with van der Waals surface area (Å²) < 4.78 is 5.13. The van der Waals surface area contributed by atoms with E-state index in [2.05, 4.69) is 25.6 Å². The highest BCUT2D eigenvalue weighted by molar-refractivity contribution is 6.32. The molecule has 0 unspecified atom stereocenters. The van der Waals surface area contributed by atoms with Crippen molar-refractivity contribution in [3.8, 4) is 22.8 Å². The van der Waals surface area contributed by atoms with Crippen molar-refractivity contribution in [2.45, 2.75) is 13.3 Å². The van der Waals surface area contributed by atoms with Gasteiger partial charge in [-0.1, -0.05) is 17.7 Å². The number of fused-ring (bicyclic) bond motifs is 1. The number of aromatic hydroxyl groups is 1. The fraction of sp³-hybridized carbons (Fsp3) is 0.222. The van der Waals surface area contributed by atoms with Gasteiger partial charge in [-0.25, -0.2) is 14.8 Å². The zero-order valence-electron chi connectivity index (χ0n) is 14.8. The van der Waals surface area contributed by atoms with E-state index in [4.69, 9.17) is 16.3 Å². The van der Waals surface area contributed by atoms with Crippen molar-refractivity contribution < 1.29 is 14.6 Å². The minimum atomic E-state index is -0.338. The van der Waals surface area contributed by atoms with Crippen LogP contribution in [0.25, 0.3) is 17.3 Å². The molecule has 2 amide bonds. The number of hydrogen-bond acceptors (Lipinski definition) is 6. The minimum Gasteiger partial charge on any atom is -0.503 e.